The lowest BCUT2D eigenvalue weighted by molar-refractivity contribution is 0.703. The molecule has 1 rings (SSSR count). The SMILES string of the molecule is CN=C(NC)NCC(C)c1nccs1. The van der Waals surface area contributed by atoms with Gasteiger partial charge in [0, 0.05) is 38.1 Å². The first kappa shape index (κ1) is 11.0. The molecule has 1 atom stereocenters. The molecule has 5 heteroatoms. The van der Waals surface area contributed by atoms with Crippen LogP contribution in [0.2, 0.25) is 0 Å². The van der Waals surface area contributed by atoms with Gasteiger partial charge in [-0.05, 0) is 0 Å². The number of nitrogens with one attached hydrogen (secondary N) is 2. The maximum Gasteiger partial charge on any atom is 0.190 e. The number of hydrogen-bond donors (Lipinski definition) is 2. The van der Waals surface area contributed by atoms with Gasteiger partial charge in [0.1, 0.15) is 0 Å². The van der Waals surface area contributed by atoms with Crippen LogP contribution in [0.4, 0.5) is 0 Å². The fourth-order valence-electron chi connectivity index (χ4n) is 1.09. The second-order valence-electron chi connectivity index (χ2n) is 2.97. The summed E-state index contributed by atoms with van der Waals surface area (Å²) in [5.74, 6) is 1.23. The summed E-state index contributed by atoms with van der Waals surface area (Å²) in [5, 5.41) is 9.34. The van der Waals surface area contributed by atoms with Gasteiger partial charge in [-0.3, -0.25) is 4.99 Å². The van der Waals surface area contributed by atoms with Crippen molar-refractivity contribution in [2.45, 2.75) is 12.8 Å². The summed E-state index contributed by atoms with van der Waals surface area (Å²) in [7, 11) is 3.61. The van der Waals surface area contributed by atoms with E-state index in [1.165, 1.54) is 0 Å². The van der Waals surface area contributed by atoms with E-state index in [1.54, 1.807) is 18.4 Å². The van der Waals surface area contributed by atoms with E-state index in [9.17, 15) is 0 Å². The highest BCUT2D eigenvalue weighted by atomic mass is 32.1. The molecule has 0 radical (unpaired) electrons. The average Bonchev–Trinajstić information content (AvgIpc) is 2.72. The molecule has 0 saturated heterocycles. The largest absolute Gasteiger partial charge is 0.359 e. The van der Waals surface area contributed by atoms with Crippen LogP contribution < -0.4 is 10.6 Å². The standard InChI is InChI=1S/C9H16N4S/c1-7(8-12-4-5-14-8)6-13-9(10-2)11-3/h4-5,7H,6H2,1-3H3,(H2,10,11,13). The first-order chi connectivity index (χ1) is 6.77. The van der Waals surface area contributed by atoms with Crippen LogP contribution in [0, 0.1) is 0 Å². The van der Waals surface area contributed by atoms with Gasteiger partial charge in [0.25, 0.3) is 0 Å². The van der Waals surface area contributed by atoms with Crippen molar-refractivity contribution in [3.05, 3.63) is 16.6 Å². The quantitative estimate of drug-likeness (QED) is 0.581. The Bertz CT molecular complexity index is 281. The molecule has 0 aliphatic rings. The smallest absolute Gasteiger partial charge is 0.190 e. The number of aromatic nitrogens is 1. The summed E-state index contributed by atoms with van der Waals surface area (Å²) in [6.45, 7) is 3.00. The van der Waals surface area contributed by atoms with Crippen LogP contribution in [-0.2, 0) is 0 Å². The number of thiazole rings is 1. The first-order valence-corrected chi connectivity index (χ1v) is 5.43. The molecule has 0 aliphatic heterocycles. The van der Waals surface area contributed by atoms with Gasteiger partial charge >= 0.3 is 0 Å². The van der Waals surface area contributed by atoms with Gasteiger partial charge in [0.15, 0.2) is 5.96 Å². The van der Waals surface area contributed by atoms with Gasteiger partial charge < -0.3 is 10.6 Å². The number of nitrogens with zero attached hydrogens (tertiary/aromatic N) is 2. The van der Waals surface area contributed by atoms with Crippen molar-refractivity contribution >= 4 is 17.3 Å². The van der Waals surface area contributed by atoms with E-state index in [2.05, 4.69) is 27.5 Å². The average molecular weight is 212 g/mol. The van der Waals surface area contributed by atoms with Gasteiger partial charge in [0.05, 0.1) is 5.01 Å². The van der Waals surface area contributed by atoms with Gasteiger partial charge in [-0.15, -0.1) is 11.3 Å². The lowest BCUT2D eigenvalue weighted by atomic mass is 10.2. The number of aliphatic imine (C=N–C) groups is 1. The molecular formula is C9H16N4S. The third-order valence-corrected chi connectivity index (χ3v) is 2.92. The lowest BCUT2D eigenvalue weighted by Crippen LogP contribution is -2.36. The molecule has 78 valence electrons. The highest BCUT2D eigenvalue weighted by Crippen LogP contribution is 2.15. The minimum Gasteiger partial charge on any atom is -0.359 e. The van der Waals surface area contributed by atoms with Crippen LogP contribution in [-0.4, -0.2) is 31.6 Å². The molecule has 1 unspecified atom stereocenters. The minimum absolute atomic E-state index is 0.417. The van der Waals surface area contributed by atoms with Crippen LogP contribution in [0.3, 0.4) is 0 Å². The molecule has 0 spiro atoms. The summed E-state index contributed by atoms with van der Waals surface area (Å²) in [6.07, 6.45) is 1.84. The molecule has 4 nitrogen and oxygen atoms in total. The molecule has 0 aromatic carbocycles. The Morgan fingerprint density at radius 2 is 2.50 bits per heavy atom. The monoisotopic (exact) mass is 212 g/mol. The van der Waals surface area contributed by atoms with Gasteiger partial charge in [-0.1, -0.05) is 6.92 Å². The summed E-state index contributed by atoms with van der Waals surface area (Å²) < 4.78 is 0. The molecule has 1 aromatic heterocycles. The molecule has 0 aliphatic carbocycles. The fourth-order valence-corrected chi connectivity index (χ4v) is 1.79. The lowest BCUT2D eigenvalue weighted by Gasteiger charge is -2.12. The Kier molecular flexibility index (Phi) is 4.39. The highest BCUT2D eigenvalue weighted by Gasteiger charge is 2.07. The summed E-state index contributed by atoms with van der Waals surface area (Å²) >= 11 is 1.69. The van der Waals surface area contributed by atoms with Crippen LogP contribution in [0.5, 0.6) is 0 Å². The van der Waals surface area contributed by atoms with E-state index >= 15 is 0 Å². The third kappa shape index (κ3) is 2.99. The molecule has 2 N–H and O–H groups in total. The number of guanidine groups is 1. The van der Waals surface area contributed by atoms with Crippen molar-refractivity contribution in [3.63, 3.8) is 0 Å². The topological polar surface area (TPSA) is 49.3 Å². The Labute approximate surface area is 88.5 Å². The molecule has 0 fully saturated rings. The van der Waals surface area contributed by atoms with Gasteiger partial charge in [-0.25, -0.2) is 4.98 Å². The maximum atomic E-state index is 4.26. The van der Waals surface area contributed by atoms with Crippen molar-refractivity contribution in [3.8, 4) is 0 Å². The van der Waals surface area contributed by atoms with E-state index in [-0.39, 0.29) is 0 Å². The van der Waals surface area contributed by atoms with Crippen LogP contribution >= 0.6 is 11.3 Å². The Hall–Kier alpha value is -1.10. The minimum atomic E-state index is 0.417. The van der Waals surface area contributed by atoms with Crippen molar-refractivity contribution in [1.82, 2.24) is 15.6 Å². The van der Waals surface area contributed by atoms with Crippen molar-refractivity contribution in [1.29, 1.82) is 0 Å². The van der Waals surface area contributed by atoms with Crippen molar-refractivity contribution in [2.75, 3.05) is 20.6 Å². The summed E-state index contributed by atoms with van der Waals surface area (Å²) in [6, 6.07) is 0. The van der Waals surface area contributed by atoms with E-state index in [0.717, 1.165) is 17.5 Å². The van der Waals surface area contributed by atoms with Crippen LogP contribution in [0.15, 0.2) is 16.6 Å². The first-order valence-electron chi connectivity index (χ1n) is 4.55. The molecule has 0 amide bonds. The van der Waals surface area contributed by atoms with E-state index in [4.69, 9.17) is 0 Å². The predicted octanol–water partition coefficient (Wildman–Crippen LogP) is 1.04. The zero-order valence-electron chi connectivity index (χ0n) is 8.74. The third-order valence-electron chi connectivity index (χ3n) is 1.91. The fraction of sp³-hybridized carbons (Fsp3) is 0.556. The molecule has 14 heavy (non-hydrogen) atoms. The zero-order valence-corrected chi connectivity index (χ0v) is 9.56. The molecule has 0 saturated carbocycles. The number of rotatable bonds is 3. The zero-order chi connectivity index (χ0) is 10.4. The van der Waals surface area contributed by atoms with E-state index < -0.39 is 0 Å². The Morgan fingerprint density at radius 1 is 1.71 bits per heavy atom. The second-order valence-corrected chi connectivity index (χ2v) is 3.90. The molecule has 1 heterocycles. The maximum absolute atomic E-state index is 4.26. The van der Waals surface area contributed by atoms with Gasteiger partial charge in [-0.2, -0.15) is 0 Å². The molecule has 1 aromatic rings. The Morgan fingerprint density at radius 3 is 3.00 bits per heavy atom. The highest BCUT2D eigenvalue weighted by molar-refractivity contribution is 7.09. The second kappa shape index (κ2) is 5.59. The predicted molar refractivity (Wildman–Crippen MR) is 61.0 cm³/mol. The Balaban J connectivity index is 2.39. The van der Waals surface area contributed by atoms with Crippen LogP contribution in [0.25, 0.3) is 0 Å². The molecular weight excluding hydrogens is 196 g/mol. The van der Waals surface area contributed by atoms with E-state index in [0.29, 0.717) is 5.92 Å². The van der Waals surface area contributed by atoms with Crippen LogP contribution in [0.1, 0.15) is 17.8 Å². The van der Waals surface area contributed by atoms with Crippen molar-refractivity contribution in [2.24, 2.45) is 4.99 Å². The summed E-state index contributed by atoms with van der Waals surface area (Å²) in [5.41, 5.74) is 0. The normalized spacial score (nSPS) is 13.8. The number of hydrogen-bond acceptors (Lipinski definition) is 3. The van der Waals surface area contributed by atoms with Crippen molar-refractivity contribution < 1.29 is 0 Å². The van der Waals surface area contributed by atoms with E-state index in [1.807, 2.05) is 18.6 Å². The van der Waals surface area contributed by atoms with Gasteiger partial charge in [0.2, 0.25) is 0 Å². The summed E-state index contributed by atoms with van der Waals surface area (Å²) in [4.78, 5) is 8.30. The molecule has 0 bridgehead atoms.